The molecule has 0 aromatic carbocycles. The van der Waals surface area contributed by atoms with Gasteiger partial charge in [-0.15, -0.1) is 0 Å². The molecule has 0 spiro atoms. The summed E-state index contributed by atoms with van der Waals surface area (Å²) in [5.41, 5.74) is 6.79. The summed E-state index contributed by atoms with van der Waals surface area (Å²) in [7, 11) is 0. The summed E-state index contributed by atoms with van der Waals surface area (Å²) in [6.07, 6.45) is 11.5. The van der Waals surface area contributed by atoms with E-state index in [-0.39, 0.29) is 0 Å². The number of fused-ring (bicyclic) bond motifs is 1. The molecule has 0 amide bonds. The predicted molar refractivity (Wildman–Crippen MR) is 103 cm³/mol. The van der Waals surface area contributed by atoms with Gasteiger partial charge < -0.3 is 10.3 Å². The third kappa shape index (κ3) is 3.28. The fourth-order valence-corrected chi connectivity index (χ4v) is 2.99. The van der Waals surface area contributed by atoms with E-state index in [1.54, 1.807) is 6.20 Å². The van der Waals surface area contributed by atoms with E-state index < -0.39 is 0 Å². The van der Waals surface area contributed by atoms with Crippen molar-refractivity contribution in [2.75, 3.05) is 5.32 Å². The highest BCUT2D eigenvalue weighted by Gasteiger charge is 2.06. The summed E-state index contributed by atoms with van der Waals surface area (Å²) in [6.45, 7) is 4.82. The molecule has 0 saturated heterocycles. The molecular weight excluding hydrogens is 322 g/mol. The minimum absolute atomic E-state index is 0.668. The van der Waals surface area contributed by atoms with Crippen molar-refractivity contribution in [3.63, 3.8) is 0 Å². The largest absolute Gasteiger partial charge is 0.366 e. The van der Waals surface area contributed by atoms with E-state index >= 15 is 0 Å². The lowest BCUT2D eigenvalue weighted by atomic mass is 10.1. The number of H-pyrrole nitrogens is 1. The first-order valence-electron chi connectivity index (χ1n) is 8.63. The minimum atomic E-state index is 0.668. The summed E-state index contributed by atoms with van der Waals surface area (Å²) in [5, 5.41) is 4.51. The van der Waals surface area contributed by atoms with Crippen LogP contribution in [0.2, 0.25) is 0 Å². The van der Waals surface area contributed by atoms with Gasteiger partial charge in [0.2, 0.25) is 0 Å². The third-order valence-electron chi connectivity index (χ3n) is 4.70. The van der Waals surface area contributed by atoms with E-state index in [9.17, 15) is 0 Å². The van der Waals surface area contributed by atoms with Gasteiger partial charge in [-0.3, -0.25) is 4.98 Å². The van der Waals surface area contributed by atoms with Crippen LogP contribution >= 0.6 is 0 Å². The number of nitrogens with one attached hydrogen (secondary N) is 2. The first-order valence-corrected chi connectivity index (χ1v) is 8.63. The van der Waals surface area contributed by atoms with Crippen LogP contribution in [0.15, 0.2) is 49.1 Å². The van der Waals surface area contributed by atoms with Crippen LogP contribution in [0.25, 0.3) is 11.0 Å². The molecule has 0 unspecified atom stereocenters. The van der Waals surface area contributed by atoms with Gasteiger partial charge in [0, 0.05) is 48.7 Å². The summed E-state index contributed by atoms with van der Waals surface area (Å²) in [6, 6.07) is 8.17. The average Bonchev–Trinajstić information content (AvgIpc) is 3.07. The summed E-state index contributed by atoms with van der Waals surface area (Å²) >= 11 is 0. The Morgan fingerprint density at radius 3 is 2.88 bits per heavy atom. The lowest BCUT2D eigenvalue weighted by Gasteiger charge is -2.09. The molecule has 4 rings (SSSR count). The predicted octanol–water partition coefficient (Wildman–Crippen LogP) is 3.97. The van der Waals surface area contributed by atoms with E-state index in [2.05, 4.69) is 57.4 Å². The average molecular weight is 342 g/mol. The molecular formula is C21H20N5. The van der Waals surface area contributed by atoms with E-state index in [1.807, 2.05) is 30.7 Å². The number of aryl methyl sites for hydroxylation is 1. The van der Waals surface area contributed by atoms with Gasteiger partial charge in [-0.05, 0) is 54.3 Å². The normalized spacial score (nSPS) is 11.0. The molecule has 129 valence electrons. The standard InChI is InChI=1S/C21H20N5/c1-14-9-22-11-18(15(14)2)13-25-20-6-5-16(10-24-20)8-17-12-26-21-19(17)4-3-7-23-21/h3-7,9-10,12H,8,13H2,1-2H3,(H,23,26)(H,24,25). The molecule has 4 aromatic rings. The molecule has 5 heteroatoms. The first-order chi connectivity index (χ1) is 12.7. The van der Waals surface area contributed by atoms with Crippen LogP contribution in [0.1, 0.15) is 27.8 Å². The number of hydrogen-bond acceptors (Lipinski definition) is 4. The van der Waals surface area contributed by atoms with Gasteiger partial charge in [0.25, 0.3) is 0 Å². The maximum Gasteiger partial charge on any atom is 0.137 e. The molecule has 2 N–H and O–H groups in total. The number of aromatic nitrogens is 4. The van der Waals surface area contributed by atoms with Crippen molar-refractivity contribution < 1.29 is 0 Å². The van der Waals surface area contributed by atoms with Gasteiger partial charge in [-0.2, -0.15) is 0 Å². The lowest BCUT2D eigenvalue weighted by molar-refractivity contribution is 1.03. The molecule has 0 saturated carbocycles. The SMILES string of the molecule is Cc1cn[c]c(CNc2ccc(Cc3c[nH]c4ncccc34)cn2)c1C. The molecule has 0 fully saturated rings. The topological polar surface area (TPSA) is 66.5 Å². The summed E-state index contributed by atoms with van der Waals surface area (Å²) < 4.78 is 0. The van der Waals surface area contributed by atoms with Crippen LogP contribution < -0.4 is 5.32 Å². The monoisotopic (exact) mass is 342 g/mol. The first kappa shape index (κ1) is 16.3. The number of nitrogens with zero attached hydrogens (tertiary/aromatic N) is 3. The molecule has 0 aliphatic heterocycles. The molecule has 0 aliphatic carbocycles. The second-order valence-electron chi connectivity index (χ2n) is 6.45. The van der Waals surface area contributed by atoms with E-state index in [4.69, 9.17) is 0 Å². The van der Waals surface area contributed by atoms with Crippen LogP contribution in [-0.2, 0) is 13.0 Å². The van der Waals surface area contributed by atoms with Crippen molar-refractivity contribution in [3.05, 3.63) is 83.1 Å². The second-order valence-corrected chi connectivity index (χ2v) is 6.45. The zero-order valence-electron chi connectivity index (χ0n) is 14.9. The lowest BCUT2D eigenvalue weighted by Crippen LogP contribution is -2.05. The Bertz CT molecular complexity index is 1030. The highest BCUT2D eigenvalue weighted by atomic mass is 15.0. The Morgan fingerprint density at radius 2 is 2.04 bits per heavy atom. The molecule has 26 heavy (non-hydrogen) atoms. The number of aromatic amines is 1. The molecule has 1 radical (unpaired) electrons. The molecule has 0 aliphatic rings. The van der Waals surface area contributed by atoms with Crippen molar-refractivity contribution in [2.24, 2.45) is 0 Å². The maximum absolute atomic E-state index is 4.54. The highest BCUT2D eigenvalue weighted by molar-refractivity contribution is 5.79. The zero-order chi connectivity index (χ0) is 17.9. The molecule has 0 atom stereocenters. The van der Waals surface area contributed by atoms with E-state index in [1.165, 1.54) is 22.3 Å². The number of anilines is 1. The molecule has 5 nitrogen and oxygen atoms in total. The van der Waals surface area contributed by atoms with Crippen molar-refractivity contribution in [3.8, 4) is 0 Å². The van der Waals surface area contributed by atoms with Crippen LogP contribution in [0.3, 0.4) is 0 Å². The van der Waals surface area contributed by atoms with Crippen LogP contribution in [0.4, 0.5) is 5.82 Å². The van der Waals surface area contributed by atoms with Crippen molar-refractivity contribution in [1.82, 2.24) is 19.9 Å². The zero-order valence-corrected chi connectivity index (χ0v) is 14.9. The molecule has 4 heterocycles. The molecule has 4 aromatic heterocycles. The Hall–Kier alpha value is -3.21. The molecule has 0 bridgehead atoms. The van der Waals surface area contributed by atoms with Crippen LogP contribution in [0, 0.1) is 20.0 Å². The summed E-state index contributed by atoms with van der Waals surface area (Å²) in [5.74, 6) is 0.851. The van der Waals surface area contributed by atoms with Crippen LogP contribution in [0.5, 0.6) is 0 Å². The third-order valence-corrected chi connectivity index (χ3v) is 4.70. The minimum Gasteiger partial charge on any atom is -0.366 e. The smallest absolute Gasteiger partial charge is 0.137 e. The van der Waals surface area contributed by atoms with Gasteiger partial charge in [-0.1, -0.05) is 6.07 Å². The van der Waals surface area contributed by atoms with E-state index in [0.717, 1.165) is 28.8 Å². The highest BCUT2D eigenvalue weighted by Crippen LogP contribution is 2.20. The van der Waals surface area contributed by atoms with E-state index in [0.29, 0.717) is 6.54 Å². The van der Waals surface area contributed by atoms with Crippen LogP contribution in [-0.4, -0.2) is 19.9 Å². The van der Waals surface area contributed by atoms with Crippen molar-refractivity contribution >= 4 is 16.9 Å². The van der Waals surface area contributed by atoms with Gasteiger partial charge >= 0.3 is 0 Å². The van der Waals surface area contributed by atoms with Gasteiger partial charge in [0.1, 0.15) is 11.5 Å². The van der Waals surface area contributed by atoms with Gasteiger partial charge in [0.15, 0.2) is 0 Å². The Balaban J connectivity index is 1.44. The Kier molecular flexibility index (Phi) is 4.35. The number of pyridine rings is 3. The number of hydrogen-bond donors (Lipinski definition) is 2. The fourth-order valence-electron chi connectivity index (χ4n) is 2.99. The quantitative estimate of drug-likeness (QED) is 0.576. The van der Waals surface area contributed by atoms with Crippen molar-refractivity contribution in [1.29, 1.82) is 0 Å². The Labute approximate surface area is 152 Å². The van der Waals surface area contributed by atoms with Crippen molar-refractivity contribution in [2.45, 2.75) is 26.8 Å². The summed E-state index contributed by atoms with van der Waals surface area (Å²) in [4.78, 5) is 16.2. The maximum atomic E-state index is 4.54. The van der Waals surface area contributed by atoms with Gasteiger partial charge in [0.05, 0.1) is 6.20 Å². The van der Waals surface area contributed by atoms with Gasteiger partial charge in [-0.25, -0.2) is 9.97 Å². The number of rotatable bonds is 5. The fraction of sp³-hybridized carbons (Fsp3) is 0.190. The Morgan fingerprint density at radius 1 is 1.12 bits per heavy atom. The second kappa shape index (κ2) is 6.96.